The molecule has 1 aliphatic heterocycles. The molecular formula is C35H44O5. The van der Waals surface area contributed by atoms with E-state index in [0.717, 1.165) is 45.3 Å². The molecule has 4 aliphatic rings. The number of esters is 2. The number of ether oxygens (including phenoxy) is 3. The maximum atomic E-state index is 13.3. The van der Waals surface area contributed by atoms with Crippen molar-refractivity contribution in [3.8, 4) is 0 Å². The summed E-state index contributed by atoms with van der Waals surface area (Å²) in [7, 11) is 0. The van der Waals surface area contributed by atoms with Crippen LogP contribution in [0, 0.1) is 46.3 Å². The average Bonchev–Trinajstić information content (AvgIpc) is 3.34. The second kappa shape index (κ2) is 11.0. The van der Waals surface area contributed by atoms with Crippen molar-refractivity contribution in [2.45, 2.75) is 65.4 Å². The highest BCUT2D eigenvalue weighted by atomic mass is 16.5. The molecule has 2 aromatic rings. The minimum Gasteiger partial charge on any atom is -0.462 e. The van der Waals surface area contributed by atoms with Gasteiger partial charge in [-0.2, -0.15) is 0 Å². The molecule has 214 valence electrons. The van der Waals surface area contributed by atoms with Crippen LogP contribution in [0.15, 0.2) is 60.7 Å². The third-order valence-corrected chi connectivity index (χ3v) is 11.7. The topological polar surface area (TPSA) is 61.8 Å². The second-order valence-electron chi connectivity index (χ2n) is 13.5. The predicted octanol–water partition coefficient (Wildman–Crippen LogP) is 7.21. The van der Waals surface area contributed by atoms with Crippen LogP contribution < -0.4 is 0 Å². The maximum Gasteiger partial charge on any atom is 0.338 e. The van der Waals surface area contributed by atoms with Gasteiger partial charge in [0.25, 0.3) is 0 Å². The molecule has 0 radical (unpaired) electrons. The van der Waals surface area contributed by atoms with E-state index < -0.39 is 0 Å². The van der Waals surface area contributed by atoms with E-state index in [0.29, 0.717) is 47.3 Å². The normalized spacial score (nSPS) is 37.4. The van der Waals surface area contributed by atoms with Gasteiger partial charge in [-0.15, -0.1) is 0 Å². The van der Waals surface area contributed by atoms with Crippen molar-refractivity contribution in [1.82, 2.24) is 0 Å². The van der Waals surface area contributed by atoms with E-state index >= 15 is 0 Å². The summed E-state index contributed by atoms with van der Waals surface area (Å²) in [6, 6.07) is 18.7. The number of carbonyl (C=O) groups excluding carboxylic acids is 2. The lowest BCUT2D eigenvalue weighted by Gasteiger charge is -2.62. The van der Waals surface area contributed by atoms with Crippen LogP contribution >= 0.6 is 0 Å². The molecule has 0 aromatic heterocycles. The lowest BCUT2D eigenvalue weighted by atomic mass is 9.45. The molecule has 5 heteroatoms. The number of rotatable bonds is 6. The SMILES string of the molecule is C[C@H](COC(=O)c1ccccc1)[C@H]1CC[C@H]2[C@@H]3[C@H](OC(=O)c4ccccc4)C[C@H]4COCC[C@]4(C)[C@H]3CC[C@]12C. The molecule has 9 atom stereocenters. The highest BCUT2D eigenvalue weighted by molar-refractivity contribution is 5.89. The average molecular weight is 545 g/mol. The molecule has 0 amide bonds. The molecule has 1 saturated heterocycles. The van der Waals surface area contributed by atoms with Gasteiger partial charge in [0.1, 0.15) is 6.10 Å². The number of hydrogen-bond acceptors (Lipinski definition) is 5. The van der Waals surface area contributed by atoms with E-state index in [1.54, 1.807) is 0 Å². The smallest absolute Gasteiger partial charge is 0.338 e. The van der Waals surface area contributed by atoms with E-state index in [1.807, 2.05) is 60.7 Å². The highest BCUT2D eigenvalue weighted by Crippen LogP contribution is 2.67. The quantitative estimate of drug-likeness (QED) is 0.360. The van der Waals surface area contributed by atoms with Crippen molar-refractivity contribution in [3.05, 3.63) is 71.8 Å². The van der Waals surface area contributed by atoms with Gasteiger partial charge in [-0.3, -0.25) is 0 Å². The number of fused-ring (bicyclic) bond motifs is 5. The van der Waals surface area contributed by atoms with Gasteiger partial charge in [0, 0.05) is 12.5 Å². The van der Waals surface area contributed by atoms with Crippen molar-refractivity contribution in [1.29, 1.82) is 0 Å². The third-order valence-electron chi connectivity index (χ3n) is 11.7. The second-order valence-corrected chi connectivity index (χ2v) is 13.5. The van der Waals surface area contributed by atoms with E-state index in [2.05, 4.69) is 20.8 Å². The van der Waals surface area contributed by atoms with Crippen molar-refractivity contribution in [3.63, 3.8) is 0 Å². The molecule has 1 heterocycles. The summed E-state index contributed by atoms with van der Waals surface area (Å²) in [5, 5.41) is 0. The third kappa shape index (κ3) is 4.78. The van der Waals surface area contributed by atoms with Crippen molar-refractivity contribution in [2.24, 2.45) is 46.3 Å². The molecule has 0 unspecified atom stereocenters. The molecule has 5 nitrogen and oxygen atoms in total. The van der Waals surface area contributed by atoms with Crippen molar-refractivity contribution < 1.29 is 23.8 Å². The molecule has 3 aliphatic carbocycles. The Morgan fingerprint density at radius 2 is 1.52 bits per heavy atom. The summed E-state index contributed by atoms with van der Waals surface area (Å²) in [4.78, 5) is 26.0. The minimum atomic E-state index is -0.241. The van der Waals surface area contributed by atoms with Gasteiger partial charge in [0.15, 0.2) is 0 Å². The monoisotopic (exact) mass is 544 g/mol. The largest absolute Gasteiger partial charge is 0.462 e. The Morgan fingerprint density at radius 3 is 2.23 bits per heavy atom. The van der Waals surface area contributed by atoms with Gasteiger partial charge in [0.2, 0.25) is 0 Å². The Hall–Kier alpha value is -2.66. The summed E-state index contributed by atoms with van der Waals surface area (Å²) in [5.41, 5.74) is 1.61. The fourth-order valence-corrected chi connectivity index (χ4v) is 9.52. The van der Waals surface area contributed by atoms with Gasteiger partial charge < -0.3 is 14.2 Å². The molecule has 3 saturated carbocycles. The summed E-state index contributed by atoms with van der Waals surface area (Å²) < 4.78 is 18.2. The van der Waals surface area contributed by atoms with Gasteiger partial charge in [0.05, 0.1) is 24.3 Å². The van der Waals surface area contributed by atoms with E-state index in [1.165, 1.54) is 6.42 Å². The summed E-state index contributed by atoms with van der Waals surface area (Å²) in [5.74, 6) is 2.13. The van der Waals surface area contributed by atoms with E-state index in [4.69, 9.17) is 14.2 Å². The Kier molecular flexibility index (Phi) is 7.54. The van der Waals surface area contributed by atoms with Crippen LogP contribution in [0.2, 0.25) is 0 Å². The summed E-state index contributed by atoms with van der Waals surface area (Å²) >= 11 is 0. The summed E-state index contributed by atoms with van der Waals surface area (Å²) in [6.07, 6.45) is 6.52. The van der Waals surface area contributed by atoms with E-state index in [9.17, 15) is 9.59 Å². The van der Waals surface area contributed by atoms with Crippen molar-refractivity contribution >= 4 is 11.9 Å². The first-order valence-electron chi connectivity index (χ1n) is 15.4. The molecule has 2 aromatic carbocycles. The maximum absolute atomic E-state index is 13.3. The number of carbonyl (C=O) groups is 2. The zero-order valence-corrected chi connectivity index (χ0v) is 24.2. The standard InChI is InChI=1S/C35H44O5/c1-23(21-39-32(36)24-10-6-4-7-11-24)27-14-15-28-31-29(16-17-35(27,28)3)34(2)18-19-38-22-26(34)20-30(31)40-33(37)25-12-8-5-9-13-25/h4-13,23,26-31H,14-22H2,1-3H3/t23-,26+,27-,28+,29+,30-,31+,34+,35-/m1/s1. The Bertz CT molecular complexity index is 1200. The lowest BCUT2D eigenvalue weighted by Crippen LogP contribution is -2.60. The molecule has 4 fully saturated rings. The number of benzene rings is 2. The molecule has 0 N–H and O–H groups in total. The Labute approximate surface area is 239 Å². The van der Waals surface area contributed by atoms with Crippen LogP contribution in [0.25, 0.3) is 0 Å². The minimum absolute atomic E-state index is 0.0907. The fraction of sp³-hybridized carbons (Fsp3) is 0.600. The van der Waals surface area contributed by atoms with Crippen LogP contribution in [-0.2, 0) is 14.2 Å². The van der Waals surface area contributed by atoms with Gasteiger partial charge in [-0.05, 0) is 103 Å². The highest BCUT2D eigenvalue weighted by Gasteiger charge is 2.63. The Balaban J connectivity index is 1.23. The van der Waals surface area contributed by atoms with Gasteiger partial charge >= 0.3 is 11.9 Å². The number of hydrogen-bond donors (Lipinski definition) is 0. The first-order chi connectivity index (χ1) is 19.3. The Morgan fingerprint density at radius 1 is 0.875 bits per heavy atom. The molecule has 0 bridgehead atoms. The molecular weight excluding hydrogens is 500 g/mol. The zero-order chi connectivity index (χ0) is 27.9. The zero-order valence-electron chi connectivity index (χ0n) is 24.2. The fourth-order valence-electron chi connectivity index (χ4n) is 9.52. The van der Waals surface area contributed by atoms with Crippen LogP contribution in [0.5, 0.6) is 0 Å². The van der Waals surface area contributed by atoms with Gasteiger partial charge in [-0.1, -0.05) is 57.2 Å². The molecule has 0 spiro atoms. The summed E-state index contributed by atoms with van der Waals surface area (Å²) in [6.45, 7) is 9.28. The molecule has 40 heavy (non-hydrogen) atoms. The molecule has 6 rings (SSSR count). The first kappa shape index (κ1) is 27.5. The van der Waals surface area contributed by atoms with Gasteiger partial charge in [-0.25, -0.2) is 9.59 Å². The van der Waals surface area contributed by atoms with Crippen LogP contribution in [0.4, 0.5) is 0 Å². The van der Waals surface area contributed by atoms with Crippen LogP contribution in [0.3, 0.4) is 0 Å². The first-order valence-corrected chi connectivity index (χ1v) is 15.4. The predicted molar refractivity (Wildman–Crippen MR) is 154 cm³/mol. The van der Waals surface area contributed by atoms with Crippen LogP contribution in [0.1, 0.15) is 80.0 Å². The van der Waals surface area contributed by atoms with E-state index in [-0.39, 0.29) is 34.8 Å². The van der Waals surface area contributed by atoms with Crippen molar-refractivity contribution in [2.75, 3.05) is 19.8 Å². The lowest BCUT2D eigenvalue weighted by molar-refractivity contribution is -0.189. The van der Waals surface area contributed by atoms with Crippen LogP contribution in [-0.4, -0.2) is 37.9 Å².